The number of aromatic nitrogens is 2. The van der Waals surface area contributed by atoms with Crippen molar-refractivity contribution in [1.82, 2.24) is 24.2 Å². The number of nitrogens with zero attached hydrogens (tertiary/aromatic N) is 5. The fourth-order valence-corrected chi connectivity index (χ4v) is 7.22. The van der Waals surface area contributed by atoms with Crippen LogP contribution in [0.25, 0.3) is 10.9 Å². The molecule has 12 heteroatoms. The summed E-state index contributed by atoms with van der Waals surface area (Å²) in [5, 5.41) is 21.2. The number of amides is 1. The topological polar surface area (TPSA) is 134 Å². The molecule has 3 aromatic rings. The molecule has 0 saturated carbocycles. The zero-order valence-electron chi connectivity index (χ0n) is 19.3. The van der Waals surface area contributed by atoms with E-state index in [1.807, 2.05) is 0 Å². The second kappa shape index (κ2) is 9.65. The molecule has 2 aromatic heterocycles. The number of piperazine rings is 1. The summed E-state index contributed by atoms with van der Waals surface area (Å²) in [5.74, 6) is 2.27. The molecule has 2 N–H and O–H groups in total. The van der Waals surface area contributed by atoms with Gasteiger partial charge in [-0.2, -0.15) is 14.6 Å². The molecule has 1 fully saturated rings. The molecule has 0 aliphatic carbocycles. The van der Waals surface area contributed by atoms with Crippen molar-refractivity contribution in [2.45, 2.75) is 36.9 Å². The van der Waals surface area contributed by atoms with Crippen LogP contribution in [0, 0.1) is 23.7 Å². The van der Waals surface area contributed by atoms with Crippen LogP contribution in [0.4, 0.5) is 0 Å². The number of hydrogen-bond acceptors (Lipinski definition) is 8. The Labute approximate surface area is 212 Å². The Morgan fingerprint density at radius 2 is 2.14 bits per heavy atom. The number of nitriles is 1. The zero-order chi connectivity index (χ0) is 25.4. The number of hydrogen-bond donors (Lipinski definition) is 2. The molecular formula is C24H24N6O4S2. The van der Waals surface area contributed by atoms with E-state index in [0.29, 0.717) is 47.4 Å². The highest BCUT2D eigenvalue weighted by atomic mass is 32.2. The summed E-state index contributed by atoms with van der Waals surface area (Å²) in [5.41, 5.74) is 2.14. The second-order valence-corrected chi connectivity index (χ2v) is 11.8. The molecule has 1 aromatic carbocycles. The number of hydroxylamine groups is 2. The summed E-state index contributed by atoms with van der Waals surface area (Å²) in [4.78, 5) is 23.4. The van der Waals surface area contributed by atoms with Crippen LogP contribution in [0.15, 0.2) is 29.3 Å². The Morgan fingerprint density at radius 1 is 1.31 bits per heavy atom. The molecule has 1 atom stereocenters. The number of fused-ring (bicyclic) bond motifs is 2. The van der Waals surface area contributed by atoms with Gasteiger partial charge in [0, 0.05) is 66.4 Å². The summed E-state index contributed by atoms with van der Waals surface area (Å²) < 4.78 is 28.3. The molecule has 2 aliphatic heterocycles. The Hall–Kier alpha value is -3.26. The number of benzene rings is 1. The number of H-pyrrole nitrogens is 1. The largest absolute Gasteiger partial charge is 0.345 e. The fraction of sp³-hybridized carbons (Fsp3) is 0.375. The first-order chi connectivity index (χ1) is 17.3. The molecule has 10 nitrogen and oxygen atoms in total. The predicted molar refractivity (Wildman–Crippen MR) is 133 cm³/mol. The van der Waals surface area contributed by atoms with Gasteiger partial charge >= 0.3 is 0 Å². The summed E-state index contributed by atoms with van der Waals surface area (Å²) in [6.45, 7) is 1.18. The maximum absolute atomic E-state index is 13.5. The molecule has 4 heterocycles. The van der Waals surface area contributed by atoms with Gasteiger partial charge in [0.2, 0.25) is 0 Å². The predicted octanol–water partition coefficient (Wildman–Crippen LogP) is 2.17. The SMILES string of the molecule is C#Cc1ccc2[nH]c(S(=O)(=O)N3CCN(C(=O)c4nc5c(s4)CN(O)CC5)C(CCC#N)C3)cc2c1. The molecular weight excluding hydrogens is 500 g/mol. The van der Waals surface area contributed by atoms with Crippen molar-refractivity contribution in [3.05, 3.63) is 45.4 Å². The van der Waals surface area contributed by atoms with Crippen molar-refractivity contribution in [2.75, 3.05) is 26.2 Å². The first-order valence-corrected chi connectivity index (χ1v) is 13.8. The minimum absolute atomic E-state index is 0.0617. The van der Waals surface area contributed by atoms with Crippen molar-refractivity contribution in [3.63, 3.8) is 0 Å². The van der Waals surface area contributed by atoms with Crippen molar-refractivity contribution in [3.8, 4) is 18.4 Å². The molecule has 1 saturated heterocycles. The van der Waals surface area contributed by atoms with E-state index in [-0.39, 0.29) is 37.0 Å². The van der Waals surface area contributed by atoms with Crippen LogP contribution in [-0.2, 0) is 23.0 Å². The average molecular weight is 525 g/mol. The van der Waals surface area contributed by atoms with Gasteiger partial charge in [0.05, 0.1) is 18.3 Å². The van der Waals surface area contributed by atoms with E-state index >= 15 is 0 Å². The number of aromatic amines is 1. The van der Waals surface area contributed by atoms with Crippen molar-refractivity contribution in [1.29, 1.82) is 5.26 Å². The van der Waals surface area contributed by atoms with Gasteiger partial charge in [-0.3, -0.25) is 4.79 Å². The minimum Gasteiger partial charge on any atom is -0.345 e. The number of nitrogens with one attached hydrogen (secondary N) is 1. The molecule has 5 rings (SSSR count). The van der Waals surface area contributed by atoms with Crippen LogP contribution in [0.5, 0.6) is 0 Å². The maximum atomic E-state index is 13.5. The lowest BCUT2D eigenvalue weighted by molar-refractivity contribution is -0.102. The highest BCUT2D eigenvalue weighted by molar-refractivity contribution is 7.89. The third kappa shape index (κ3) is 4.50. The molecule has 1 unspecified atom stereocenters. The third-order valence-corrected chi connectivity index (χ3v) is 9.43. The van der Waals surface area contributed by atoms with E-state index < -0.39 is 16.1 Å². The van der Waals surface area contributed by atoms with Gasteiger partial charge in [-0.05, 0) is 30.7 Å². The second-order valence-electron chi connectivity index (χ2n) is 8.82. The van der Waals surface area contributed by atoms with E-state index in [1.165, 1.54) is 20.7 Å². The lowest BCUT2D eigenvalue weighted by atomic mass is 10.1. The van der Waals surface area contributed by atoms with Gasteiger partial charge < -0.3 is 15.1 Å². The van der Waals surface area contributed by atoms with E-state index in [2.05, 4.69) is 22.0 Å². The first-order valence-electron chi connectivity index (χ1n) is 11.5. The molecule has 186 valence electrons. The van der Waals surface area contributed by atoms with Gasteiger partial charge in [-0.25, -0.2) is 13.4 Å². The number of carbonyl (C=O) groups is 1. The van der Waals surface area contributed by atoms with Crippen molar-refractivity contribution in [2.24, 2.45) is 0 Å². The van der Waals surface area contributed by atoms with E-state index in [9.17, 15) is 18.4 Å². The highest BCUT2D eigenvalue weighted by Crippen LogP contribution is 2.29. The first kappa shape index (κ1) is 24.4. The monoisotopic (exact) mass is 524 g/mol. The normalized spacial score (nSPS) is 19.1. The van der Waals surface area contributed by atoms with Crippen molar-refractivity contribution >= 4 is 38.2 Å². The lowest BCUT2D eigenvalue weighted by Crippen LogP contribution is -2.56. The zero-order valence-corrected chi connectivity index (χ0v) is 21.0. The van der Waals surface area contributed by atoms with Gasteiger partial charge in [0.15, 0.2) is 5.01 Å². The van der Waals surface area contributed by atoms with Gasteiger partial charge in [0.25, 0.3) is 15.9 Å². The van der Waals surface area contributed by atoms with E-state index in [4.69, 9.17) is 11.7 Å². The van der Waals surface area contributed by atoms with E-state index in [1.54, 1.807) is 29.2 Å². The van der Waals surface area contributed by atoms with Crippen LogP contribution in [0.3, 0.4) is 0 Å². The number of carbonyl (C=O) groups excluding carboxylic acids is 1. The molecule has 36 heavy (non-hydrogen) atoms. The standard InChI is InChI=1S/C24H24N6O4S2/c1-2-16-5-6-19-17(12-16)13-22(26-19)36(33,34)29-10-11-30(18(14-29)4-3-8-25)24(31)23-27-20-7-9-28(32)15-21(20)35-23/h1,5-6,12-13,18,26,32H,3-4,7,9-11,14-15H2. The number of rotatable bonds is 5. The smallest absolute Gasteiger partial charge is 0.283 e. The molecule has 0 bridgehead atoms. The summed E-state index contributed by atoms with van der Waals surface area (Å²) in [6.07, 6.45) is 6.56. The maximum Gasteiger partial charge on any atom is 0.283 e. The lowest BCUT2D eigenvalue weighted by Gasteiger charge is -2.40. The molecule has 1 amide bonds. The summed E-state index contributed by atoms with van der Waals surface area (Å²) in [7, 11) is -3.86. The highest BCUT2D eigenvalue weighted by Gasteiger charge is 2.38. The Morgan fingerprint density at radius 3 is 2.92 bits per heavy atom. The Bertz CT molecular complexity index is 1510. The minimum atomic E-state index is -3.86. The van der Waals surface area contributed by atoms with Crippen LogP contribution in [0.2, 0.25) is 0 Å². The van der Waals surface area contributed by atoms with E-state index in [0.717, 1.165) is 10.6 Å². The average Bonchev–Trinajstić information content (AvgIpc) is 3.50. The molecule has 2 aliphatic rings. The summed E-state index contributed by atoms with van der Waals surface area (Å²) >= 11 is 1.26. The quantitative estimate of drug-likeness (QED) is 0.489. The van der Waals surface area contributed by atoms with Crippen LogP contribution < -0.4 is 0 Å². The van der Waals surface area contributed by atoms with Crippen LogP contribution in [0.1, 0.15) is 38.8 Å². The van der Waals surface area contributed by atoms with Crippen LogP contribution in [-0.4, -0.2) is 76.0 Å². The number of sulfonamides is 1. The van der Waals surface area contributed by atoms with Gasteiger partial charge in [-0.15, -0.1) is 17.8 Å². The Kier molecular flexibility index (Phi) is 6.55. The van der Waals surface area contributed by atoms with Crippen LogP contribution >= 0.6 is 11.3 Å². The Balaban J connectivity index is 1.38. The summed E-state index contributed by atoms with van der Waals surface area (Å²) in [6, 6.07) is 8.44. The molecule has 0 spiro atoms. The fourth-order valence-electron chi connectivity index (χ4n) is 4.66. The number of thiazole rings is 1. The number of terminal acetylenes is 1. The molecule has 0 radical (unpaired) electrons. The third-order valence-electron chi connectivity index (χ3n) is 6.57. The van der Waals surface area contributed by atoms with Gasteiger partial charge in [-0.1, -0.05) is 5.92 Å². The van der Waals surface area contributed by atoms with Crippen molar-refractivity contribution < 1.29 is 18.4 Å². The van der Waals surface area contributed by atoms with Gasteiger partial charge in [0.1, 0.15) is 5.03 Å².